The summed E-state index contributed by atoms with van der Waals surface area (Å²) in [4.78, 5) is 18.1. The summed E-state index contributed by atoms with van der Waals surface area (Å²) in [7, 11) is 0. The van der Waals surface area contributed by atoms with E-state index in [2.05, 4.69) is 36.2 Å². The zero-order chi connectivity index (χ0) is 12.7. The summed E-state index contributed by atoms with van der Waals surface area (Å²) in [6.45, 7) is 2.00. The Labute approximate surface area is 110 Å². The summed E-state index contributed by atoms with van der Waals surface area (Å²) < 4.78 is 2.41. The van der Waals surface area contributed by atoms with Crippen LogP contribution in [0.15, 0.2) is 33.8 Å². The van der Waals surface area contributed by atoms with Gasteiger partial charge in [-0.1, -0.05) is 11.3 Å². The first-order valence-corrected chi connectivity index (χ1v) is 6.02. The minimum Gasteiger partial charge on any atom is -0.311 e. The maximum Gasteiger partial charge on any atom is 0.280 e. The molecule has 0 atom stereocenters. The molecule has 1 aromatic carbocycles. The average Bonchev–Trinajstić information content (AvgIpc) is 2.74. The minimum absolute atomic E-state index is 0.227. The van der Waals surface area contributed by atoms with Crippen molar-refractivity contribution >= 4 is 27.1 Å². The SMILES string of the molecule is Cc1ccc(-n2nnc3c(=O)[nH]cnc32)c(Br)c1. The van der Waals surface area contributed by atoms with Gasteiger partial charge in [-0.05, 0) is 40.5 Å². The lowest BCUT2D eigenvalue weighted by Crippen LogP contribution is -2.07. The summed E-state index contributed by atoms with van der Waals surface area (Å²) >= 11 is 3.47. The van der Waals surface area contributed by atoms with Crippen LogP contribution in [0.1, 0.15) is 5.56 Å². The second kappa shape index (κ2) is 4.02. The second-order valence-corrected chi connectivity index (χ2v) is 4.71. The van der Waals surface area contributed by atoms with Gasteiger partial charge in [0.1, 0.15) is 0 Å². The van der Waals surface area contributed by atoms with E-state index in [9.17, 15) is 4.79 Å². The lowest BCUT2D eigenvalue weighted by molar-refractivity contribution is 0.814. The lowest BCUT2D eigenvalue weighted by atomic mass is 10.2. The predicted octanol–water partition coefficient (Wildman–Crippen LogP) is 1.57. The Kier molecular flexibility index (Phi) is 2.48. The van der Waals surface area contributed by atoms with Crippen molar-refractivity contribution < 1.29 is 0 Å². The van der Waals surface area contributed by atoms with Crippen molar-refractivity contribution in [1.82, 2.24) is 25.0 Å². The number of nitrogens with zero attached hydrogens (tertiary/aromatic N) is 4. The Hall–Kier alpha value is -2.02. The standard InChI is InChI=1S/C11H8BrN5O/c1-6-2-3-8(7(12)4-6)17-10-9(15-16-17)11(18)14-5-13-10/h2-5H,1H3,(H,13,14,18). The minimum atomic E-state index is -0.297. The molecule has 0 bridgehead atoms. The van der Waals surface area contributed by atoms with Gasteiger partial charge >= 0.3 is 0 Å². The summed E-state index contributed by atoms with van der Waals surface area (Å²) in [5.74, 6) is 0. The molecule has 0 saturated carbocycles. The fourth-order valence-corrected chi connectivity index (χ4v) is 2.37. The molecule has 6 nitrogen and oxygen atoms in total. The Morgan fingerprint density at radius 2 is 2.22 bits per heavy atom. The molecule has 0 aliphatic carbocycles. The topological polar surface area (TPSA) is 76.5 Å². The van der Waals surface area contributed by atoms with E-state index < -0.39 is 0 Å². The van der Waals surface area contributed by atoms with E-state index in [-0.39, 0.29) is 11.1 Å². The number of rotatable bonds is 1. The maximum absolute atomic E-state index is 11.5. The van der Waals surface area contributed by atoms with Crippen LogP contribution in [0.4, 0.5) is 0 Å². The Bertz CT molecular complexity index is 791. The third-order valence-electron chi connectivity index (χ3n) is 2.58. The quantitative estimate of drug-likeness (QED) is 0.740. The van der Waals surface area contributed by atoms with Gasteiger partial charge in [0.2, 0.25) is 0 Å². The zero-order valence-electron chi connectivity index (χ0n) is 9.38. The highest BCUT2D eigenvalue weighted by Gasteiger charge is 2.12. The van der Waals surface area contributed by atoms with Crippen LogP contribution < -0.4 is 5.56 Å². The molecular formula is C11H8BrN5O. The monoisotopic (exact) mass is 305 g/mol. The average molecular weight is 306 g/mol. The number of hydrogen-bond donors (Lipinski definition) is 1. The molecule has 0 amide bonds. The number of halogens is 1. The number of aromatic nitrogens is 5. The van der Waals surface area contributed by atoms with Crippen molar-refractivity contribution in [2.45, 2.75) is 6.92 Å². The van der Waals surface area contributed by atoms with Crippen LogP contribution in [-0.2, 0) is 0 Å². The van der Waals surface area contributed by atoms with Crippen LogP contribution in [0.25, 0.3) is 16.9 Å². The van der Waals surface area contributed by atoms with Gasteiger partial charge in [0.25, 0.3) is 5.56 Å². The van der Waals surface area contributed by atoms with E-state index in [1.54, 1.807) is 0 Å². The van der Waals surface area contributed by atoms with Crippen molar-refractivity contribution in [3.8, 4) is 5.69 Å². The van der Waals surface area contributed by atoms with Gasteiger partial charge in [-0.25, -0.2) is 4.98 Å². The largest absolute Gasteiger partial charge is 0.311 e. The van der Waals surface area contributed by atoms with Crippen molar-refractivity contribution in [3.05, 3.63) is 44.9 Å². The van der Waals surface area contributed by atoms with Gasteiger partial charge in [-0.15, -0.1) is 5.10 Å². The molecule has 0 radical (unpaired) electrons. The van der Waals surface area contributed by atoms with Gasteiger partial charge < -0.3 is 4.98 Å². The first-order chi connectivity index (χ1) is 8.66. The van der Waals surface area contributed by atoms with Crippen molar-refractivity contribution in [1.29, 1.82) is 0 Å². The normalized spacial score (nSPS) is 11.0. The molecule has 0 aliphatic heterocycles. The highest BCUT2D eigenvalue weighted by molar-refractivity contribution is 9.10. The van der Waals surface area contributed by atoms with E-state index in [0.29, 0.717) is 5.65 Å². The fourth-order valence-electron chi connectivity index (χ4n) is 1.71. The van der Waals surface area contributed by atoms with E-state index >= 15 is 0 Å². The summed E-state index contributed by atoms with van der Waals surface area (Å²) in [5, 5.41) is 7.82. The molecule has 18 heavy (non-hydrogen) atoms. The number of H-pyrrole nitrogens is 1. The predicted molar refractivity (Wildman–Crippen MR) is 69.7 cm³/mol. The second-order valence-electron chi connectivity index (χ2n) is 3.86. The molecule has 0 unspecified atom stereocenters. The van der Waals surface area contributed by atoms with Gasteiger partial charge in [0.15, 0.2) is 11.2 Å². The van der Waals surface area contributed by atoms with Crippen molar-refractivity contribution in [3.63, 3.8) is 0 Å². The Morgan fingerprint density at radius 1 is 1.39 bits per heavy atom. The molecule has 0 fully saturated rings. The number of benzene rings is 1. The molecule has 1 N–H and O–H groups in total. The van der Waals surface area contributed by atoms with Crippen molar-refractivity contribution in [2.24, 2.45) is 0 Å². The number of aromatic amines is 1. The zero-order valence-corrected chi connectivity index (χ0v) is 11.0. The highest BCUT2D eigenvalue weighted by atomic mass is 79.9. The smallest absolute Gasteiger partial charge is 0.280 e. The van der Waals surface area contributed by atoms with E-state index in [0.717, 1.165) is 15.7 Å². The number of fused-ring (bicyclic) bond motifs is 1. The number of nitrogens with one attached hydrogen (secondary N) is 1. The number of aryl methyl sites for hydroxylation is 1. The molecular weight excluding hydrogens is 298 g/mol. The molecule has 7 heteroatoms. The molecule has 2 aromatic heterocycles. The van der Waals surface area contributed by atoms with E-state index in [1.807, 2.05) is 25.1 Å². The highest BCUT2D eigenvalue weighted by Crippen LogP contribution is 2.23. The Balaban J connectivity index is 2.32. The molecule has 90 valence electrons. The first kappa shape index (κ1) is 11.1. The molecule has 0 spiro atoms. The fraction of sp³-hybridized carbons (Fsp3) is 0.0909. The van der Waals surface area contributed by atoms with Crippen LogP contribution in [0, 0.1) is 6.92 Å². The lowest BCUT2D eigenvalue weighted by Gasteiger charge is -2.04. The third kappa shape index (κ3) is 1.63. The van der Waals surface area contributed by atoms with E-state index in [4.69, 9.17) is 0 Å². The molecule has 2 heterocycles. The third-order valence-corrected chi connectivity index (χ3v) is 3.21. The Morgan fingerprint density at radius 3 is 3.00 bits per heavy atom. The van der Waals surface area contributed by atoms with Gasteiger partial charge in [0, 0.05) is 4.47 Å². The molecule has 3 aromatic rings. The molecule has 0 saturated heterocycles. The van der Waals surface area contributed by atoms with E-state index in [1.165, 1.54) is 11.0 Å². The van der Waals surface area contributed by atoms with Crippen LogP contribution in [0.2, 0.25) is 0 Å². The summed E-state index contributed by atoms with van der Waals surface area (Å²) in [6.07, 6.45) is 1.34. The van der Waals surface area contributed by atoms with Crippen molar-refractivity contribution in [2.75, 3.05) is 0 Å². The summed E-state index contributed by atoms with van der Waals surface area (Å²) in [5.41, 5.74) is 2.28. The van der Waals surface area contributed by atoms with Crippen LogP contribution in [0.5, 0.6) is 0 Å². The van der Waals surface area contributed by atoms with Gasteiger partial charge in [-0.3, -0.25) is 4.79 Å². The van der Waals surface area contributed by atoms with Crippen LogP contribution in [-0.4, -0.2) is 25.0 Å². The van der Waals surface area contributed by atoms with Crippen LogP contribution >= 0.6 is 15.9 Å². The van der Waals surface area contributed by atoms with Gasteiger partial charge in [0.05, 0.1) is 12.0 Å². The first-order valence-electron chi connectivity index (χ1n) is 5.22. The summed E-state index contributed by atoms with van der Waals surface area (Å²) in [6, 6.07) is 5.83. The molecule has 3 rings (SSSR count). The maximum atomic E-state index is 11.5. The van der Waals surface area contributed by atoms with Crippen LogP contribution in [0.3, 0.4) is 0 Å². The molecule has 0 aliphatic rings. The van der Waals surface area contributed by atoms with Gasteiger partial charge in [-0.2, -0.15) is 4.68 Å². The number of hydrogen-bond acceptors (Lipinski definition) is 4.